The van der Waals surface area contributed by atoms with Crippen LogP contribution in [-0.2, 0) is 4.79 Å². The lowest BCUT2D eigenvalue weighted by Crippen LogP contribution is -2.28. The molecule has 4 atom stereocenters. The number of carbonyl (C=O) groups is 1. The fourth-order valence-electron chi connectivity index (χ4n) is 4.13. The first-order valence-corrected chi connectivity index (χ1v) is 5.01. The van der Waals surface area contributed by atoms with Crippen molar-refractivity contribution in [1.82, 2.24) is 0 Å². The molecule has 3 saturated carbocycles. The lowest BCUT2D eigenvalue weighted by atomic mass is 9.78. The average Bonchev–Trinajstić information content (AvgIpc) is 2.50. The van der Waals surface area contributed by atoms with Crippen molar-refractivity contribution < 1.29 is 9.90 Å². The third-order valence-electron chi connectivity index (χ3n) is 4.54. The smallest absolute Gasteiger partial charge is 0.310 e. The predicted octanol–water partition coefficient (Wildman–Crippen LogP) is 1.90. The first-order valence-electron chi connectivity index (χ1n) is 5.01. The van der Waals surface area contributed by atoms with Gasteiger partial charge in [0.25, 0.3) is 0 Å². The largest absolute Gasteiger partial charge is 0.481 e. The molecule has 2 nitrogen and oxygen atoms in total. The van der Waals surface area contributed by atoms with Crippen molar-refractivity contribution >= 4 is 5.97 Å². The lowest BCUT2D eigenvalue weighted by molar-refractivity contribution is -0.147. The number of hydrogen-bond donors (Lipinski definition) is 1. The minimum Gasteiger partial charge on any atom is -0.481 e. The molecule has 0 aliphatic heterocycles. The van der Waals surface area contributed by atoms with Gasteiger partial charge in [-0.2, -0.15) is 0 Å². The molecule has 0 aromatic carbocycles. The van der Waals surface area contributed by atoms with Gasteiger partial charge < -0.3 is 5.11 Å². The van der Waals surface area contributed by atoms with E-state index in [-0.39, 0.29) is 5.41 Å². The second-order valence-corrected chi connectivity index (χ2v) is 4.66. The molecule has 3 fully saturated rings. The van der Waals surface area contributed by atoms with E-state index in [0.29, 0.717) is 17.8 Å². The van der Waals surface area contributed by atoms with Gasteiger partial charge in [0.1, 0.15) is 0 Å². The number of aliphatic carboxylic acids is 1. The summed E-state index contributed by atoms with van der Waals surface area (Å²) in [6.45, 7) is 0. The van der Waals surface area contributed by atoms with E-state index in [1.807, 2.05) is 0 Å². The molecule has 1 N–H and O–H groups in total. The predicted molar refractivity (Wildman–Crippen MR) is 43.6 cm³/mol. The molecule has 3 aliphatic rings. The fourth-order valence-corrected chi connectivity index (χ4v) is 4.13. The summed E-state index contributed by atoms with van der Waals surface area (Å²) in [7, 11) is 0. The quantitative estimate of drug-likeness (QED) is 0.646. The number of carboxylic acids is 1. The van der Waals surface area contributed by atoms with Gasteiger partial charge in [-0.15, -0.1) is 0 Å². The van der Waals surface area contributed by atoms with Crippen LogP contribution in [0.4, 0.5) is 0 Å². The maximum Gasteiger partial charge on any atom is 0.310 e. The molecular formula is C10H14O2. The highest BCUT2D eigenvalue weighted by molar-refractivity contribution is 5.81. The second-order valence-electron chi connectivity index (χ2n) is 4.66. The van der Waals surface area contributed by atoms with Crippen molar-refractivity contribution in [3.05, 3.63) is 0 Å². The Labute approximate surface area is 72.0 Å². The molecule has 0 unspecified atom stereocenters. The Morgan fingerprint density at radius 3 is 2.50 bits per heavy atom. The molecule has 12 heavy (non-hydrogen) atoms. The van der Waals surface area contributed by atoms with Gasteiger partial charge in [-0.3, -0.25) is 4.79 Å². The molecule has 3 aliphatic carbocycles. The summed E-state index contributed by atoms with van der Waals surface area (Å²) in [6, 6.07) is 0. The first-order chi connectivity index (χ1) is 5.78. The first kappa shape index (κ1) is 6.93. The summed E-state index contributed by atoms with van der Waals surface area (Å²) in [5.41, 5.74) is -0.210. The van der Waals surface area contributed by atoms with Gasteiger partial charge in [0.2, 0.25) is 0 Å². The van der Waals surface area contributed by atoms with Gasteiger partial charge in [0.05, 0.1) is 5.41 Å². The van der Waals surface area contributed by atoms with Gasteiger partial charge in [-0.1, -0.05) is 6.42 Å². The summed E-state index contributed by atoms with van der Waals surface area (Å²) >= 11 is 0. The SMILES string of the molecule is O=C(O)[C@]12[C@@H]3CCC[C@@H]1[C@H]2CC3. The molecular weight excluding hydrogens is 152 g/mol. The van der Waals surface area contributed by atoms with Gasteiger partial charge in [-0.25, -0.2) is 0 Å². The number of carboxylic acid groups (broad SMARTS) is 1. The summed E-state index contributed by atoms with van der Waals surface area (Å²) in [4.78, 5) is 11.2. The number of hydrogen-bond acceptors (Lipinski definition) is 1. The van der Waals surface area contributed by atoms with Crippen molar-refractivity contribution in [2.75, 3.05) is 0 Å². The number of fused-ring (bicyclic) bond motifs is 1. The zero-order valence-corrected chi connectivity index (χ0v) is 7.12. The zero-order chi connectivity index (χ0) is 8.34. The van der Waals surface area contributed by atoms with Gasteiger partial charge in [0.15, 0.2) is 0 Å². The van der Waals surface area contributed by atoms with Gasteiger partial charge in [-0.05, 0) is 43.4 Å². The molecule has 0 aromatic rings. The van der Waals surface area contributed by atoms with Crippen LogP contribution in [0.15, 0.2) is 0 Å². The third kappa shape index (κ3) is 0.511. The van der Waals surface area contributed by atoms with E-state index < -0.39 is 5.97 Å². The molecule has 3 rings (SSSR count). The summed E-state index contributed by atoms with van der Waals surface area (Å²) in [6.07, 6.45) is 6.03. The summed E-state index contributed by atoms with van der Waals surface area (Å²) < 4.78 is 0. The summed E-state index contributed by atoms with van der Waals surface area (Å²) in [5, 5.41) is 9.22. The Kier molecular flexibility index (Phi) is 1.07. The lowest BCUT2D eigenvalue weighted by Gasteiger charge is -2.26. The Bertz CT molecular complexity index is 238. The average molecular weight is 166 g/mol. The monoisotopic (exact) mass is 166 g/mol. The van der Waals surface area contributed by atoms with E-state index in [2.05, 4.69) is 0 Å². The standard InChI is InChI=1S/C10H14O2/c11-9(12)10-6-2-1-3-7(10)8(10)5-4-6/h6-8H,1-5H2,(H,11,12)/t6-,7-,8-,10-/m1/s1. The van der Waals surface area contributed by atoms with Crippen molar-refractivity contribution in [2.24, 2.45) is 23.2 Å². The van der Waals surface area contributed by atoms with Crippen LogP contribution in [0, 0.1) is 23.2 Å². The van der Waals surface area contributed by atoms with Crippen LogP contribution in [-0.4, -0.2) is 11.1 Å². The molecule has 0 radical (unpaired) electrons. The molecule has 0 spiro atoms. The molecule has 2 heteroatoms. The summed E-state index contributed by atoms with van der Waals surface area (Å²) in [5.74, 6) is 1.20. The Hall–Kier alpha value is -0.530. The van der Waals surface area contributed by atoms with Crippen LogP contribution in [0.3, 0.4) is 0 Å². The minimum atomic E-state index is -0.486. The van der Waals surface area contributed by atoms with Crippen molar-refractivity contribution in [2.45, 2.75) is 32.1 Å². The van der Waals surface area contributed by atoms with Crippen LogP contribution < -0.4 is 0 Å². The normalized spacial score (nSPS) is 54.8. The Morgan fingerprint density at radius 1 is 1.17 bits per heavy atom. The third-order valence-corrected chi connectivity index (χ3v) is 4.54. The van der Waals surface area contributed by atoms with Crippen LogP contribution in [0.5, 0.6) is 0 Å². The van der Waals surface area contributed by atoms with Crippen molar-refractivity contribution in [3.63, 3.8) is 0 Å². The van der Waals surface area contributed by atoms with Crippen LogP contribution in [0.1, 0.15) is 32.1 Å². The molecule has 0 heterocycles. The van der Waals surface area contributed by atoms with E-state index in [9.17, 15) is 9.90 Å². The second kappa shape index (κ2) is 1.86. The zero-order valence-electron chi connectivity index (χ0n) is 7.12. The van der Waals surface area contributed by atoms with Crippen molar-refractivity contribution in [1.29, 1.82) is 0 Å². The van der Waals surface area contributed by atoms with E-state index in [1.165, 1.54) is 32.1 Å². The Morgan fingerprint density at radius 2 is 1.92 bits per heavy atom. The van der Waals surface area contributed by atoms with E-state index in [0.717, 1.165) is 0 Å². The molecule has 0 amide bonds. The molecule has 0 bridgehead atoms. The highest BCUT2D eigenvalue weighted by Crippen LogP contribution is 2.75. The fraction of sp³-hybridized carbons (Fsp3) is 0.900. The van der Waals surface area contributed by atoms with Gasteiger partial charge in [0, 0.05) is 0 Å². The highest BCUT2D eigenvalue weighted by Gasteiger charge is 2.76. The number of rotatable bonds is 1. The van der Waals surface area contributed by atoms with Crippen molar-refractivity contribution in [3.8, 4) is 0 Å². The van der Waals surface area contributed by atoms with Gasteiger partial charge >= 0.3 is 5.97 Å². The molecule has 66 valence electrons. The Balaban J connectivity index is 2.01. The van der Waals surface area contributed by atoms with E-state index in [1.54, 1.807) is 0 Å². The van der Waals surface area contributed by atoms with Crippen LogP contribution in [0.25, 0.3) is 0 Å². The molecule has 0 saturated heterocycles. The molecule has 0 aromatic heterocycles. The highest BCUT2D eigenvalue weighted by atomic mass is 16.4. The van der Waals surface area contributed by atoms with Crippen LogP contribution >= 0.6 is 0 Å². The topological polar surface area (TPSA) is 37.3 Å². The van der Waals surface area contributed by atoms with E-state index >= 15 is 0 Å². The maximum atomic E-state index is 11.2. The minimum absolute atomic E-state index is 0.210. The van der Waals surface area contributed by atoms with Crippen LogP contribution in [0.2, 0.25) is 0 Å². The van der Waals surface area contributed by atoms with E-state index in [4.69, 9.17) is 0 Å². The maximum absolute atomic E-state index is 11.2.